The van der Waals surface area contributed by atoms with Crippen LogP contribution in [0.5, 0.6) is 5.75 Å². The van der Waals surface area contributed by atoms with E-state index in [1.165, 1.54) is 11.9 Å². The highest BCUT2D eigenvalue weighted by Crippen LogP contribution is 2.27. The topological polar surface area (TPSA) is 58.6 Å². The zero-order chi connectivity index (χ0) is 19.6. The molecule has 27 heavy (non-hydrogen) atoms. The van der Waals surface area contributed by atoms with Gasteiger partial charge in [-0.1, -0.05) is 0 Å². The summed E-state index contributed by atoms with van der Waals surface area (Å²) in [6.45, 7) is 0.0164. The smallest absolute Gasteiger partial charge is 0.227 e. The van der Waals surface area contributed by atoms with Gasteiger partial charge in [-0.3, -0.25) is 9.59 Å². The van der Waals surface area contributed by atoms with Gasteiger partial charge in [-0.05, 0) is 30.3 Å². The Balaban J connectivity index is 1.65. The molecule has 3 rings (SSSR count). The maximum Gasteiger partial charge on any atom is 0.227 e. The number of carbonyl (C=O) groups is 2. The van der Waals surface area contributed by atoms with Gasteiger partial charge in [0, 0.05) is 37.3 Å². The van der Waals surface area contributed by atoms with E-state index in [4.69, 9.17) is 4.74 Å². The molecule has 1 aliphatic heterocycles. The summed E-state index contributed by atoms with van der Waals surface area (Å²) in [4.78, 5) is 25.3. The maximum atomic E-state index is 13.6. The maximum absolute atomic E-state index is 13.6. The second-order valence-corrected chi connectivity index (χ2v) is 6.16. The molecule has 0 bridgehead atoms. The van der Waals surface area contributed by atoms with Gasteiger partial charge in [0.25, 0.3) is 0 Å². The standard InChI is InChI=1S/C19H17F3N2O3/c1-23-19(26)11-7-18(25)24(9-11)13-2-4-14(5-3-13)27-10-12-6-16(21)17(22)8-15(12)20/h2-6,8,11H,7,9-10H2,1H3,(H,23,26)/t11-/m0/s1. The van der Waals surface area contributed by atoms with E-state index in [9.17, 15) is 22.8 Å². The molecule has 0 saturated carbocycles. The summed E-state index contributed by atoms with van der Waals surface area (Å²) in [6.07, 6.45) is 0.146. The molecule has 0 unspecified atom stereocenters. The molecule has 0 radical (unpaired) electrons. The third kappa shape index (κ3) is 4.05. The van der Waals surface area contributed by atoms with Crippen LogP contribution in [0.1, 0.15) is 12.0 Å². The van der Waals surface area contributed by atoms with Gasteiger partial charge in [-0.25, -0.2) is 13.2 Å². The summed E-state index contributed by atoms with van der Waals surface area (Å²) in [5.74, 6) is -3.66. The van der Waals surface area contributed by atoms with Crippen LogP contribution in [-0.2, 0) is 16.2 Å². The zero-order valence-corrected chi connectivity index (χ0v) is 14.5. The normalized spacial score (nSPS) is 16.5. The van der Waals surface area contributed by atoms with Gasteiger partial charge >= 0.3 is 0 Å². The molecule has 1 atom stereocenters. The molecule has 5 nitrogen and oxygen atoms in total. The Morgan fingerprint density at radius 2 is 1.81 bits per heavy atom. The Labute approximate surface area is 153 Å². The van der Waals surface area contributed by atoms with Gasteiger partial charge in [0.1, 0.15) is 18.2 Å². The van der Waals surface area contributed by atoms with Crippen LogP contribution < -0.4 is 15.0 Å². The number of nitrogens with zero attached hydrogens (tertiary/aromatic N) is 1. The Morgan fingerprint density at radius 3 is 2.48 bits per heavy atom. The summed E-state index contributed by atoms with van der Waals surface area (Å²) in [6, 6.07) is 7.66. The van der Waals surface area contributed by atoms with E-state index in [-0.39, 0.29) is 30.4 Å². The van der Waals surface area contributed by atoms with E-state index >= 15 is 0 Å². The lowest BCUT2D eigenvalue weighted by Crippen LogP contribution is -2.30. The molecule has 1 heterocycles. The van der Waals surface area contributed by atoms with E-state index in [0.29, 0.717) is 24.0 Å². The van der Waals surface area contributed by atoms with E-state index in [1.807, 2.05) is 0 Å². The molecule has 1 aliphatic rings. The number of halogens is 3. The van der Waals surface area contributed by atoms with E-state index in [1.54, 1.807) is 24.3 Å². The average Bonchev–Trinajstić information content (AvgIpc) is 3.05. The Morgan fingerprint density at radius 1 is 1.15 bits per heavy atom. The molecular weight excluding hydrogens is 361 g/mol. The number of amides is 2. The largest absolute Gasteiger partial charge is 0.489 e. The van der Waals surface area contributed by atoms with Gasteiger partial charge in [-0.2, -0.15) is 0 Å². The second-order valence-electron chi connectivity index (χ2n) is 6.16. The van der Waals surface area contributed by atoms with Crippen molar-refractivity contribution in [1.82, 2.24) is 5.32 Å². The highest BCUT2D eigenvalue weighted by Gasteiger charge is 2.34. The number of carbonyl (C=O) groups excluding carboxylic acids is 2. The number of nitrogens with one attached hydrogen (secondary N) is 1. The van der Waals surface area contributed by atoms with Crippen molar-refractivity contribution in [3.8, 4) is 5.75 Å². The Kier molecular flexibility index (Phi) is 5.34. The lowest BCUT2D eigenvalue weighted by molar-refractivity contribution is -0.125. The Bertz CT molecular complexity index is 871. The summed E-state index contributed by atoms with van der Waals surface area (Å²) >= 11 is 0. The fourth-order valence-electron chi connectivity index (χ4n) is 2.89. The molecule has 2 aromatic carbocycles. The van der Waals surface area contributed by atoms with Crippen molar-refractivity contribution in [3.05, 3.63) is 59.4 Å². The first-order chi connectivity index (χ1) is 12.9. The monoisotopic (exact) mass is 378 g/mol. The molecule has 1 N–H and O–H groups in total. The van der Waals surface area contributed by atoms with Crippen molar-refractivity contribution in [1.29, 1.82) is 0 Å². The highest BCUT2D eigenvalue weighted by molar-refractivity contribution is 6.00. The summed E-state index contributed by atoms with van der Waals surface area (Å²) in [5, 5.41) is 2.53. The molecule has 0 aromatic heterocycles. The molecule has 8 heteroatoms. The van der Waals surface area contributed by atoms with Gasteiger partial charge < -0.3 is 15.0 Å². The van der Waals surface area contributed by atoms with E-state index in [2.05, 4.69) is 5.32 Å². The molecule has 1 fully saturated rings. The summed E-state index contributed by atoms with van der Waals surface area (Å²) in [5.41, 5.74) is 0.499. The van der Waals surface area contributed by atoms with Gasteiger partial charge in [-0.15, -0.1) is 0 Å². The van der Waals surface area contributed by atoms with Crippen molar-refractivity contribution < 1.29 is 27.5 Å². The highest BCUT2D eigenvalue weighted by atomic mass is 19.2. The third-order valence-electron chi connectivity index (χ3n) is 4.37. The van der Waals surface area contributed by atoms with Crippen molar-refractivity contribution in [3.63, 3.8) is 0 Å². The second kappa shape index (κ2) is 7.69. The lowest BCUT2D eigenvalue weighted by Gasteiger charge is -2.17. The molecule has 0 spiro atoms. The van der Waals surface area contributed by atoms with Gasteiger partial charge in [0.2, 0.25) is 11.8 Å². The summed E-state index contributed by atoms with van der Waals surface area (Å²) < 4.78 is 45.1. The van der Waals surface area contributed by atoms with Crippen molar-refractivity contribution in [2.45, 2.75) is 13.0 Å². The SMILES string of the molecule is CNC(=O)[C@H]1CC(=O)N(c2ccc(OCc3cc(F)c(F)cc3F)cc2)C1. The molecule has 2 amide bonds. The fourth-order valence-corrected chi connectivity index (χ4v) is 2.89. The number of ether oxygens (including phenoxy) is 1. The number of benzene rings is 2. The number of rotatable bonds is 5. The van der Waals surface area contributed by atoms with Crippen LogP contribution in [0.3, 0.4) is 0 Å². The summed E-state index contributed by atoms with van der Waals surface area (Å²) in [7, 11) is 1.53. The number of hydrogen-bond acceptors (Lipinski definition) is 3. The molecule has 1 saturated heterocycles. The quantitative estimate of drug-likeness (QED) is 0.814. The minimum Gasteiger partial charge on any atom is -0.489 e. The third-order valence-corrected chi connectivity index (χ3v) is 4.37. The average molecular weight is 378 g/mol. The first kappa shape index (κ1) is 18.8. The molecule has 142 valence electrons. The molecular formula is C19H17F3N2O3. The molecule has 0 aliphatic carbocycles. The van der Waals surface area contributed by atoms with Gasteiger partial charge in [0.15, 0.2) is 11.6 Å². The van der Waals surface area contributed by atoms with Crippen LogP contribution in [0.15, 0.2) is 36.4 Å². The van der Waals surface area contributed by atoms with Crippen LogP contribution in [0.2, 0.25) is 0 Å². The minimum absolute atomic E-state index is 0.110. The Hall–Kier alpha value is -3.03. The molecule has 2 aromatic rings. The van der Waals surface area contributed by atoms with Crippen LogP contribution in [0.4, 0.5) is 18.9 Å². The van der Waals surface area contributed by atoms with Crippen LogP contribution >= 0.6 is 0 Å². The number of hydrogen-bond donors (Lipinski definition) is 1. The van der Waals surface area contributed by atoms with E-state index in [0.717, 1.165) is 6.07 Å². The van der Waals surface area contributed by atoms with E-state index < -0.39 is 23.4 Å². The van der Waals surface area contributed by atoms with Crippen molar-refractivity contribution in [2.75, 3.05) is 18.5 Å². The van der Waals surface area contributed by atoms with Crippen LogP contribution in [0, 0.1) is 23.4 Å². The minimum atomic E-state index is -1.26. The predicted molar refractivity (Wildman–Crippen MR) is 91.6 cm³/mol. The van der Waals surface area contributed by atoms with Crippen molar-refractivity contribution >= 4 is 17.5 Å². The van der Waals surface area contributed by atoms with Gasteiger partial charge in [0.05, 0.1) is 5.92 Å². The number of anilines is 1. The lowest BCUT2D eigenvalue weighted by atomic mass is 10.1. The zero-order valence-electron chi connectivity index (χ0n) is 14.5. The predicted octanol–water partition coefficient (Wildman–Crippen LogP) is 2.78. The van der Waals surface area contributed by atoms with Crippen LogP contribution in [0.25, 0.3) is 0 Å². The van der Waals surface area contributed by atoms with Crippen LogP contribution in [-0.4, -0.2) is 25.4 Å². The first-order valence-corrected chi connectivity index (χ1v) is 8.27. The first-order valence-electron chi connectivity index (χ1n) is 8.27. The fraction of sp³-hybridized carbons (Fsp3) is 0.263. The van der Waals surface area contributed by atoms with Crippen molar-refractivity contribution in [2.24, 2.45) is 5.92 Å².